The number of ether oxygens (including phenoxy) is 1. The summed E-state index contributed by atoms with van der Waals surface area (Å²) in [6.07, 6.45) is -3.29. The normalized spacial score (nSPS) is 13.9. The van der Waals surface area contributed by atoms with Crippen LogP contribution >= 0.6 is 0 Å². The number of carbonyl (C=O) groups is 1. The topological polar surface area (TPSA) is 84.5 Å². The Labute approximate surface area is 173 Å². The fraction of sp³-hybridized carbons (Fsp3) is 0.350. The zero-order valence-corrected chi connectivity index (χ0v) is 17.5. The van der Waals surface area contributed by atoms with Gasteiger partial charge in [-0.15, -0.1) is 0 Å². The summed E-state index contributed by atoms with van der Waals surface area (Å²) in [4.78, 5) is 12.4. The summed E-state index contributed by atoms with van der Waals surface area (Å²) in [6.45, 7) is 2.12. The molecule has 0 fully saturated rings. The SMILES string of the molecule is CC(NC(=O)NC(C)c1ccc(S(C)(=O)=O)cc1)c1ccc(OCC(F)(F)F)cc1. The molecule has 2 aromatic carbocycles. The van der Waals surface area contributed by atoms with Gasteiger partial charge in [0.2, 0.25) is 0 Å². The highest BCUT2D eigenvalue weighted by atomic mass is 32.2. The molecule has 0 aliphatic rings. The molecule has 30 heavy (non-hydrogen) atoms. The van der Waals surface area contributed by atoms with Crippen molar-refractivity contribution in [1.29, 1.82) is 0 Å². The van der Waals surface area contributed by atoms with Gasteiger partial charge in [-0.2, -0.15) is 13.2 Å². The van der Waals surface area contributed by atoms with Crippen molar-refractivity contribution >= 4 is 15.9 Å². The van der Waals surface area contributed by atoms with Crippen LogP contribution in [0.25, 0.3) is 0 Å². The molecule has 2 aromatic rings. The quantitative estimate of drug-likeness (QED) is 0.672. The van der Waals surface area contributed by atoms with Gasteiger partial charge in [-0.05, 0) is 49.2 Å². The van der Waals surface area contributed by atoms with Crippen LogP contribution in [0.15, 0.2) is 53.4 Å². The van der Waals surface area contributed by atoms with E-state index in [9.17, 15) is 26.4 Å². The molecule has 6 nitrogen and oxygen atoms in total. The van der Waals surface area contributed by atoms with Crippen molar-refractivity contribution in [3.8, 4) is 5.75 Å². The Hall–Kier alpha value is -2.75. The minimum atomic E-state index is -4.41. The number of alkyl halides is 3. The molecule has 0 saturated heterocycles. The van der Waals surface area contributed by atoms with Crippen LogP contribution in [0.3, 0.4) is 0 Å². The summed E-state index contributed by atoms with van der Waals surface area (Å²) in [5.74, 6) is 0.0823. The molecule has 164 valence electrons. The van der Waals surface area contributed by atoms with E-state index in [1.165, 1.54) is 24.3 Å². The average Bonchev–Trinajstić information content (AvgIpc) is 2.65. The lowest BCUT2D eigenvalue weighted by Gasteiger charge is -2.19. The summed E-state index contributed by atoms with van der Waals surface area (Å²) < 4.78 is 64.2. The van der Waals surface area contributed by atoms with Crippen LogP contribution in [0.1, 0.15) is 37.1 Å². The van der Waals surface area contributed by atoms with Crippen LogP contribution in [-0.4, -0.2) is 33.5 Å². The highest BCUT2D eigenvalue weighted by Gasteiger charge is 2.28. The highest BCUT2D eigenvalue weighted by molar-refractivity contribution is 7.90. The molecular weight excluding hydrogens is 421 g/mol. The summed E-state index contributed by atoms with van der Waals surface area (Å²) in [5.41, 5.74) is 1.42. The summed E-state index contributed by atoms with van der Waals surface area (Å²) in [7, 11) is -3.29. The maximum absolute atomic E-state index is 12.2. The molecule has 2 rings (SSSR count). The van der Waals surface area contributed by atoms with E-state index in [0.717, 1.165) is 11.8 Å². The molecule has 2 N–H and O–H groups in total. The largest absolute Gasteiger partial charge is 0.484 e. The summed E-state index contributed by atoms with van der Waals surface area (Å²) in [6, 6.07) is 11.0. The van der Waals surface area contributed by atoms with E-state index in [2.05, 4.69) is 15.4 Å². The van der Waals surface area contributed by atoms with Crippen LogP contribution in [-0.2, 0) is 9.84 Å². The maximum atomic E-state index is 12.2. The third-order valence-electron chi connectivity index (χ3n) is 4.29. The van der Waals surface area contributed by atoms with E-state index in [-0.39, 0.29) is 16.7 Å². The molecule has 0 radical (unpaired) electrons. The van der Waals surface area contributed by atoms with Gasteiger partial charge in [0.25, 0.3) is 0 Å². The Kier molecular flexibility index (Phi) is 7.35. The fourth-order valence-corrected chi connectivity index (χ4v) is 3.25. The van der Waals surface area contributed by atoms with Gasteiger partial charge in [-0.1, -0.05) is 24.3 Å². The first kappa shape index (κ1) is 23.5. The predicted octanol–water partition coefficient (Wildman–Crippen LogP) is 4.15. The third kappa shape index (κ3) is 7.25. The lowest BCUT2D eigenvalue weighted by Crippen LogP contribution is -2.38. The van der Waals surface area contributed by atoms with Crippen LogP contribution in [0, 0.1) is 0 Å². The molecular formula is C20H23F3N2O4S. The van der Waals surface area contributed by atoms with E-state index in [4.69, 9.17) is 0 Å². The number of halogens is 3. The van der Waals surface area contributed by atoms with Gasteiger partial charge in [0, 0.05) is 6.26 Å². The van der Waals surface area contributed by atoms with Crippen LogP contribution in [0.4, 0.5) is 18.0 Å². The van der Waals surface area contributed by atoms with E-state index >= 15 is 0 Å². The van der Waals surface area contributed by atoms with Gasteiger partial charge in [0.05, 0.1) is 17.0 Å². The Morgan fingerprint density at radius 3 is 1.77 bits per heavy atom. The van der Waals surface area contributed by atoms with Gasteiger partial charge < -0.3 is 15.4 Å². The van der Waals surface area contributed by atoms with Crippen LogP contribution in [0.5, 0.6) is 5.75 Å². The van der Waals surface area contributed by atoms with Crippen molar-refractivity contribution < 1.29 is 31.1 Å². The molecule has 0 spiro atoms. The molecule has 0 heterocycles. The average molecular weight is 444 g/mol. The van der Waals surface area contributed by atoms with Crippen molar-refractivity contribution in [2.24, 2.45) is 0 Å². The lowest BCUT2D eigenvalue weighted by molar-refractivity contribution is -0.153. The van der Waals surface area contributed by atoms with Gasteiger partial charge in [0.15, 0.2) is 16.4 Å². The van der Waals surface area contributed by atoms with E-state index in [1.807, 2.05) is 0 Å². The third-order valence-corrected chi connectivity index (χ3v) is 5.41. The second-order valence-corrected chi connectivity index (χ2v) is 8.89. The van der Waals surface area contributed by atoms with Crippen molar-refractivity contribution in [3.63, 3.8) is 0 Å². The number of rotatable bonds is 7. The van der Waals surface area contributed by atoms with Crippen LogP contribution in [0.2, 0.25) is 0 Å². The smallest absolute Gasteiger partial charge is 0.422 e. The highest BCUT2D eigenvalue weighted by Crippen LogP contribution is 2.21. The number of benzene rings is 2. The zero-order valence-electron chi connectivity index (χ0n) is 16.7. The molecule has 2 atom stereocenters. The molecule has 2 amide bonds. The fourth-order valence-electron chi connectivity index (χ4n) is 2.62. The number of urea groups is 1. The Balaban J connectivity index is 1.90. The maximum Gasteiger partial charge on any atom is 0.422 e. The second kappa shape index (κ2) is 9.38. The lowest BCUT2D eigenvalue weighted by atomic mass is 10.1. The van der Waals surface area contributed by atoms with Crippen molar-refractivity contribution in [3.05, 3.63) is 59.7 Å². The number of sulfone groups is 1. The monoisotopic (exact) mass is 444 g/mol. The summed E-state index contributed by atoms with van der Waals surface area (Å²) >= 11 is 0. The molecule has 2 unspecified atom stereocenters. The van der Waals surface area contributed by atoms with Crippen molar-refractivity contribution in [2.45, 2.75) is 37.0 Å². The first-order valence-electron chi connectivity index (χ1n) is 9.02. The van der Waals surface area contributed by atoms with Gasteiger partial charge >= 0.3 is 12.2 Å². The Morgan fingerprint density at radius 2 is 1.37 bits per heavy atom. The van der Waals surface area contributed by atoms with Crippen molar-refractivity contribution in [1.82, 2.24) is 10.6 Å². The summed E-state index contributed by atoms with van der Waals surface area (Å²) in [5, 5.41) is 5.50. The number of hydrogen-bond donors (Lipinski definition) is 2. The van der Waals surface area contributed by atoms with E-state index in [1.54, 1.807) is 38.1 Å². The molecule has 0 aromatic heterocycles. The van der Waals surface area contributed by atoms with E-state index < -0.39 is 34.7 Å². The zero-order chi connectivity index (χ0) is 22.5. The first-order chi connectivity index (χ1) is 13.8. The van der Waals surface area contributed by atoms with Gasteiger partial charge in [0.1, 0.15) is 5.75 Å². The molecule has 0 saturated carbocycles. The van der Waals surface area contributed by atoms with Gasteiger partial charge in [-0.25, -0.2) is 13.2 Å². The molecule has 0 aliphatic heterocycles. The van der Waals surface area contributed by atoms with E-state index in [0.29, 0.717) is 5.56 Å². The standard InChI is InChI=1S/C20H23F3N2O4S/c1-13(15-4-8-17(9-5-15)29-12-20(21,22)23)24-19(26)25-14(2)16-6-10-18(11-7-16)30(3,27)28/h4-11,13-14H,12H2,1-3H3,(H2,24,25,26). The minimum Gasteiger partial charge on any atom is -0.484 e. The van der Waals surface area contributed by atoms with Gasteiger partial charge in [-0.3, -0.25) is 0 Å². The Morgan fingerprint density at radius 1 is 0.933 bits per heavy atom. The first-order valence-corrected chi connectivity index (χ1v) is 10.9. The molecule has 0 bridgehead atoms. The Bertz CT molecular complexity index is 959. The number of hydrogen-bond acceptors (Lipinski definition) is 4. The van der Waals surface area contributed by atoms with Crippen molar-refractivity contribution in [2.75, 3.05) is 12.9 Å². The number of carbonyl (C=O) groups excluding carboxylic acids is 1. The molecule has 0 aliphatic carbocycles. The minimum absolute atomic E-state index is 0.0823. The number of nitrogens with one attached hydrogen (secondary N) is 2. The predicted molar refractivity (Wildman–Crippen MR) is 106 cm³/mol. The van der Waals surface area contributed by atoms with Crippen LogP contribution < -0.4 is 15.4 Å². The number of amides is 2. The molecule has 10 heteroatoms. The second-order valence-electron chi connectivity index (χ2n) is 6.88.